The van der Waals surface area contributed by atoms with Gasteiger partial charge in [0.1, 0.15) is 11.6 Å². The zero-order valence-electron chi connectivity index (χ0n) is 24.9. The number of hydrogen-bond acceptors (Lipinski definition) is 4. The van der Waals surface area contributed by atoms with Crippen molar-refractivity contribution in [2.75, 3.05) is 5.32 Å². The van der Waals surface area contributed by atoms with Gasteiger partial charge in [0.25, 0.3) is 0 Å². The standard InChI is InChI=1S/C34H47N3O4/c1-21(2)23-15-17-24(18-16-23)35-31(38)28-27-19-20-34(41-27)29(28)33(40)37(25-12-7-5-4-6-8-13-25)30(34)32(39)36-26-14-10-9-11-22(26)3/h15-22,25-30H,4-14H2,1-3H3,(H,35,38)(H,36,39)/t22-,26-,27+,28-,29+,30+,34+/m0/s1. The lowest BCUT2D eigenvalue weighted by atomic mass is 9.74. The quantitative estimate of drug-likeness (QED) is 0.436. The van der Waals surface area contributed by atoms with Gasteiger partial charge in [-0.2, -0.15) is 0 Å². The van der Waals surface area contributed by atoms with Crippen molar-refractivity contribution in [2.45, 2.75) is 127 Å². The van der Waals surface area contributed by atoms with Gasteiger partial charge in [0.15, 0.2) is 0 Å². The van der Waals surface area contributed by atoms with Crippen LogP contribution in [-0.2, 0) is 19.1 Å². The number of amides is 3. The molecule has 0 unspecified atom stereocenters. The molecule has 222 valence electrons. The van der Waals surface area contributed by atoms with Gasteiger partial charge < -0.3 is 20.3 Å². The average Bonchev–Trinajstić information content (AvgIpc) is 3.58. The number of benzene rings is 1. The first kappa shape index (κ1) is 28.4. The molecule has 3 aliphatic heterocycles. The fraction of sp³-hybridized carbons (Fsp3) is 0.676. The molecule has 7 nitrogen and oxygen atoms in total. The fourth-order valence-electron chi connectivity index (χ4n) is 8.28. The van der Waals surface area contributed by atoms with Crippen LogP contribution in [0.5, 0.6) is 0 Å². The van der Waals surface area contributed by atoms with Gasteiger partial charge >= 0.3 is 0 Å². The normalized spacial score (nSPS) is 35.3. The van der Waals surface area contributed by atoms with E-state index in [0.717, 1.165) is 57.8 Å². The molecular weight excluding hydrogens is 514 g/mol. The van der Waals surface area contributed by atoms with Crippen molar-refractivity contribution in [1.82, 2.24) is 10.2 Å². The van der Waals surface area contributed by atoms with Crippen molar-refractivity contribution in [2.24, 2.45) is 17.8 Å². The SMILES string of the molecule is CC(C)c1ccc(NC(=O)[C@H]2[C@H]3C=C[C@@]4(O3)[C@H]2C(=O)N(C2CCCCCCC2)[C@@H]4C(=O)N[C@H]2CCCC[C@@H]2C)cc1. The summed E-state index contributed by atoms with van der Waals surface area (Å²) in [6.07, 6.45) is 15.1. The minimum atomic E-state index is -1.10. The fourth-order valence-corrected chi connectivity index (χ4v) is 8.28. The number of hydrogen-bond donors (Lipinski definition) is 2. The van der Waals surface area contributed by atoms with E-state index in [-0.39, 0.29) is 29.8 Å². The van der Waals surface area contributed by atoms with Crippen LogP contribution in [0.25, 0.3) is 0 Å². The van der Waals surface area contributed by atoms with Gasteiger partial charge in [-0.05, 0) is 55.2 Å². The lowest BCUT2D eigenvalue weighted by Crippen LogP contribution is -2.59. The van der Waals surface area contributed by atoms with Crippen LogP contribution < -0.4 is 10.6 Å². The molecule has 1 aromatic carbocycles. The second-order valence-corrected chi connectivity index (χ2v) is 13.6. The van der Waals surface area contributed by atoms with Crippen LogP contribution in [0.15, 0.2) is 36.4 Å². The highest BCUT2D eigenvalue weighted by atomic mass is 16.5. The van der Waals surface area contributed by atoms with E-state index < -0.39 is 29.6 Å². The molecule has 0 radical (unpaired) electrons. The Kier molecular flexibility index (Phi) is 8.01. The highest BCUT2D eigenvalue weighted by Gasteiger charge is 2.73. The van der Waals surface area contributed by atoms with Gasteiger partial charge in [0, 0.05) is 17.8 Å². The first-order valence-electron chi connectivity index (χ1n) is 16.2. The predicted octanol–water partition coefficient (Wildman–Crippen LogP) is 5.71. The van der Waals surface area contributed by atoms with E-state index in [2.05, 4.69) is 31.4 Å². The predicted molar refractivity (Wildman–Crippen MR) is 159 cm³/mol. The molecule has 2 saturated carbocycles. The number of carbonyl (C=O) groups excluding carboxylic acids is 3. The number of rotatable bonds is 6. The maximum absolute atomic E-state index is 14.5. The molecule has 3 amide bonds. The third kappa shape index (κ3) is 5.13. The summed E-state index contributed by atoms with van der Waals surface area (Å²) in [4.78, 5) is 44.5. The van der Waals surface area contributed by atoms with E-state index in [1.807, 2.05) is 41.3 Å². The lowest BCUT2D eigenvalue weighted by Gasteiger charge is -2.39. The number of carbonyl (C=O) groups is 3. The van der Waals surface area contributed by atoms with Crippen LogP contribution in [-0.4, -0.2) is 52.5 Å². The van der Waals surface area contributed by atoms with E-state index >= 15 is 0 Å². The summed E-state index contributed by atoms with van der Waals surface area (Å²) in [6.45, 7) is 6.49. The molecule has 2 N–H and O–H groups in total. The Morgan fingerprint density at radius 1 is 0.927 bits per heavy atom. The van der Waals surface area contributed by atoms with Crippen LogP contribution in [0.2, 0.25) is 0 Å². The average molecular weight is 562 g/mol. The third-order valence-electron chi connectivity index (χ3n) is 10.6. The summed E-state index contributed by atoms with van der Waals surface area (Å²) in [7, 11) is 0. The first-order chi connectivity index (χ1) is 19.8. The summed E-state index contributed by atoms with van der Waals surface area (Å²) in [5.74, 6) is -0.968. The molecule has 6 rings (SSSR count). The summed E-state index contributed by atoms with van der Waals surface area (Å²) in [5.41, 5.74) is 0.813. The molecule has 1 aromatic rings. The maximum atomic E-state index is 14.5. The summed E-state index contributed by atoms with van der Waals surface area (Å²) >= 11 is 0. The van der Waals surface area contributed by atoms with Gasteiger partial charge in [0.2, 0.25) is 17.7 Å². The van der Waals surface area contributed by atoms with Crippen LogP contribution in [0.1, 0.15) is 103 Å². The molecule has 41 heavy (non-hydrogen) atoms. The van der Waals surface area contributed by atoms with Crippen LogP contribution in [0.4, 0.5) is 5.69 Å². The van der Waals surface area contributed by atoms with Crippen molar-refractivity contribution in [3.05, 3.63) is 42.0 Å². The molecular formula is C34H47N3O4. The molecule has 7 atom stereocenters. The van der Waals surface area contributed by atoms with E-state index in [1.165, 1.54) is 18.4 Å². The highest BCUT2D eigenvalue weighted by Crippen LogP contribution is 2.56. The summed E-state index contributed by atoms with van der Waals surface area (Å²) in [6, 6.07) is 7.26. The topological polar surface area (TPSA) is 87.7 Å². The highest BCUT2D eigenvalue weighted by molar-refractivity contribution is 6.03. The Balaban J connectivity index is 1.30. The minimum Gasteiger partial charge on any atom is -0.359 e. The van der Waals surface area contributed by atoms with Gasteiger partial charge in [-0.15, -0.1) is 0 Å². The molecule has 2 bridgehead atoms. The van der Waals surface area contributed by atoms with E-state index in [9.17, 15) is 14.4 Å². The van der Waals surface area contributed by atoms with Crippen molar-refractivity contribution in [1.29, 1.82) is 0 Å². The number of nitrogens with one attached hydrogen (secondary N) is 2. The zero-order valence-corrected chi connectivity index (χ0v) is 24.9. The van der Waals surface area contributed by atoms with Crippen LogP contribution >= 0.6 is 0 Å². The molecule has 0 aromatic heterocycles. The van der Waals surface area contributed by atoms with Crippen molar-refractivity contribution in [3.8, 4) is 0 Å². The molecule has 5 aliphatic rings. The number of fused-ring (bicyclic) bond motifs is 1. The van der Waals surface area contributed by atoms with Gasteiger partial charge in [0.05, 0.1) is 17.9 Å². The third-order valence-corrected chi connectivity index (χ3v) is 10.6. The zero-order chi connectivity index (χ0) is 28.7. The Morgan fingerprint density at radius 3 is 2.27 bits per heavy atom. The van der Waals surface area contributed by atoms with E-state index in [4.69, 9.17) is 4.74 Å². The Morgan fingerprint density at radius 2 is 1.59 bits per heavy atom. The van der Waals surface area contributed by atoms with Crippen molar-refractivity contribution < 1.29 is 19.1 Å². The van der Waals surface area contributed by atoms with Crippen LogP contribution in [0, 0.1) is 17.8 Å². The van der Waals surface area contributed by atoms with E-state index in [0.29, 0.717) is 17.5 Å². The smallest absolute Gasteiger partial charge is 0.246 e. The molecule has 2 saturated heterocycles. The Bertz CT molecular complexity index is 1170. The number of nitrogens with zero attached hydrogens (tertiary/aromatic N) is 1. The maximum Gasteiger partial charge on any atom is 0.246 e. The Hall–Kier alpha value is -2.67. The minimum absolute atomic E-state index is 0.00866. The van der Waals surface area contributed by atoms with Crippen molar-refractivity contribution >= 4 is 23.4 Å². The van der Waals surface area contributed by atoms with Gasteiger partial charge in [-0.25, -0.2) is 0 Å². The second-order valence-electron chi connectivity index (χ2n) is 13.6. The van der Waals surface area contributed by atoms with Crippen molar-refractivity contribution in [3.63, 3.8) is 0 Å². The molecule has 7 heteroatoms. The summed E-state index contributed by atoms with van der Waals surface area (Å²) in [5, 5.41) is 6.44. The van der Waals surface area contributed by atoms with Gasteiger partial charge in [-0.1, -0.05) is 90.0 Å². The monoisotopic (exact) mass is 561 g/mol. The van der Waals surface area contributed by atoms with E-state index in [1.54, 1.807) is 0 Å². The van der Waals surface area contributed by atoms with Gasteiger partial charge in [-0.3, -0.25) is 14.4 Å². The second kappa shape index (κ2) is 11.5. The number of ether oxygens (including phenoxy) is 1. The first-order valence-corrected chi connectivity index (χ1v) is 16.2. The lowest BCUT2D eigenvalue weighted by molar-refractivity contribution is -0.144. The van der Waals surface area contributed by atoms with Crippen LogP contribution in [0.3, 0.4) is 0 Å². The molecule has 3 heterocycles. The number of likely N-dealkylation sites (tertiary alicyclic amines) is 1. The molecule has 2 aliphatic carbocycles. The Labute approximate surface area is 244 Å². The summed E-state index contributed by atoms with van der Waals surface area (Å²) < 4.78 is 6.61. The molecule has 1 spiro atoms. The number of anilines is 1. The largest absolute Gasteiger partial charge is 0.359 e. The molecule has 4 fully saturated rings.